The molecule has 4 aromatic rings. The summed E-state index contributed by atoms with van der Waals surface area (Å²) in [5, 5.41) is 0. The fourth-order valence-electron chi connectivity index (χ4n) is 4.63. The van der Waals surface area contributed by atoms with Gasteiger partial charge in [0.1, 0.15) is 0 Å². The first-order chi connectivity index (χ1) is 13.6. The van der Waals surface area contributed by atoms with Gasteiger partial charge in [-0.15, -0.1) is 0 Å². The average Bonchev–Trinajstić information content (AvgIpc) is 2.96. The summed E-state index contributed by atoms with van der Waals surface area (Å²) in [6.07, 6.45) is 0. The number of aromatic nitrogens is 1. The highest BCUT2D eigenvalue weighted by Crippen LogP contribution is 2.42. The van der Waals surface area contributed by atoms with E-state index in [4.69, 9.17) is 0 Å². The zero-order valence-electron chi connectivity index (χ0n) is 16.6. The van der Waals surface area contributed by atoms with Crippen LogP contribution in [0.25, 0.3) is 28.1 Å². The molecule has 1 heteroatoms. The van der Waals surface area contributed by atoms with Crippen LogP contribution >= 0.6 is 0 Å². The van der Waals surface area contributed by atoms with Crippen molar-refractivity contribution in [2.24, 2.45) is 0 Å². The molecule has 1 nitrogen and oxygen atoms in total. The summed E-state index contributed by atoms with van der Waals surface area (Å²) < 4.78 is 2.48. The van der Waals surface area contributed by atoms with E-state index < -0.39 is 0 Å². The summed E-state index contributed by atoms with van der Waals surface area (Å²) >= 11 is 0. The van der Waals surface area contributed by atoms with Crippen LogP contribution in [0, 0.1) is 6.92 Å². The maximum Gasteiger partial charge on any atom is 0.222 e. The van der Waals surface area contributed by atoms with Crippen LogP contribution in [0.3, 0.4) is 0 Å². The highest BCUT2D eigenvalue weighted by molar-refractivity contribution is 5.76. The Labute approximate surface area is 166 Å². The molecule has 0 saturated carbocycles. The van der Waals surface area contributed by atoms with Gasteiger partial charge in [0.25, 0.3) is 0 Å². The molecule has 0 unspecified atom stereocenters. The number of rotatable bonds is 2. The van der Waals surface area contributed by atoms with Crippen molar-refractivity contribution in [3.8, 4) is 28.1 Å². The van der Waals surface area contributed by atoms with Gasteiger partial charge >= 0.3 is 0 Å². The monoisotopic (exact) mass is 362 g/mol. The first kappa shape index (κ1) is 16.9. The molecule has 0 amide bonds. The average molecular weight is 362 g/mol. The first-order valence-electron chi connectivity index (χ1n) is 9.90. The lowest BCUT2D eigenvalue weighted by atomic mass is 9.82. The van der Waals surface area contributed by atoms with E-state index in [0.717, 1.165) is 0 Å². The van der Waals surface area contributed by atoms with Gasteiger partial charge in [-0.2, -0.15) is 4.57 Å². The molecule has 5 rings (SSSR count). The van der Waals surface area contributed by atoms with E-state index in [1.807, 2.05) is 0 Å². The van der Waals surface area contributed by atoms with Gasteiger partial charge in [0.2, 0.25) is 11.4 Å². The van der Waals surface area contributed by atoms with Crippen molar-refractivity contribution in [2.45, 2.75) is 26.2 Å². The third-order valence-corrected chi connectivity index (χ3v) is 6.10. The van der Waals surface area contributed by atoms with Crippen molar-refractivity contribution >= 4 is 0 Å². The minimum Gasteiger partial charge on any atom is -0.156 e. The topological polar surface area (TPSA) is 3.88 Å². The van der Waals surface area contributed by atoms with Crippen LogP contribution in [0.5, 0.6) is 0 Å². The van der Waals surface area contributed by atoms with Crippen LogP contribution in [0.2, 0.25) is 0 Å². The predicted octanol–water partition coefficient (Wildman–Crippen LogP) is 6.25. The Kier molecular flexibility index (Phi) is 3.73. The maximum atomic E-state index is 2.48. The third-order valence-electron chi connectivity index (χ3n) is 6.10. The molecule has 1 aliphatic heterocycles. The summed E-state index contributed by atoms with van der Waals surface area (Å²) in [5.41, 5.74) is 10.4. The van der Waals surface area contributed by atoms with Crippen molar-refractivity contribution in [3.05, 3.63) is 108 Å². The van der Waals surface area contributed by atoms with Crippen molar-refractivity contribution in [1.82, 2.24) is 0 Å². The molecule has 0 fully saturated rings. The molecule has 0 aliphatic carbocycles. The second kappa shape index (κ2) is 6.17. The van der Waals surface area contributed by atoms with Crippen molar-refractivity contribution in [3.63, 3.8) is 0 Å². The number of benzene rings is 3. The van der Waals surface area contributed by atoms with E-state index in [1.165, 1.54) is 44.9 Å². The van der Waals surface area contributed by atoms with Crippen molar-refractivity contribution in [2.75, 3.05) is 0 Å². The number of hydrogen-bond acceptors (Lipinski definition) is 0. The second-order valence-electron chi connectivity index (χ2n) is 8.13. The van der Waals surface area contributed by atoms with E-state index in [9.17, 15) is 0 Å². The molecule has 0 spiro atoms. The second-order valence-corrected chi connectivity index (χ2v) is 8.13. The smallest absolute Gasteiger partial charge is 0.156 e. The molecule has 0 saturated heterocycles. The van der Waals surface area contributed by atoms with Gasteiger partial charge < -0.3 is 0 Å². The SMILES string of the molecule is Cc1c(-c2ccccc2)cc2[n+](c1-c1ccccc1)-c1ccccc1C2(C)C. The van der Waals surface area contributed by atoms with E-state index in [0.29, 0.717) is 0 Å². The minimum absolute atomic E-state index is 0.0443. The number of hydrogen-bond donors (Lipinski definition) is 0. The van der Waals surface area contributed by atoms with Gasteiger partial charge in [-0.25, -0.2) is 0 Å². The number of fused-ring (bicyclic) bond motifs is 3. The van der Waals surface area contributed by atoms with Gasteiger partial charge in [0, 0.05) is 28.8 Å². The molecule has 0 bridgehead atoms. The Morgan fingerprint density at radius 2 is 1.25 bits per heavy atom. The van der Waals surface area contributed by atoms with E-state index in [2.05, 4.69) is 116 Å². The molecular formula is C27H24N+. The lowest BCUT2D eigenvalue weighted by Crippen LogP contribution is -2.38. The molecule has 1 aliphatic rings. The van der Waals surface area contributed by atoms with Crippen molar-refractivity contribution in [1.29, 1.82) is 0 Å². The van der Waals surface area contributed by atoms with Crippen LogP contribution in [-0.4, -0.2) is 0 Å². The lowest BCUT2D eigenvalue weighted by Gasteiger charge is -2.17. The molecule has 0 atom stereocenters. The quantitative estimate of drug-likeness (QED) is 0.371. The van der Waals surface area contributed by atoms with E-state index in [-0.39, 0.29) is 5.41 Å². The fraction of sp³-hybridized carbons (Fsp3) is 0.148. The van der Waals surface area contributed by atoms with Crippen LogP contribution in [0.1, 0.15) is 30.7 Å². The highest BCUT2D eigenvalue weighted by atomic mass is 15.0. The summed E-state index contributed by atoms with van der Waals surface area (Å²) in [6, 6.07) is 32.8. The predicted molar refractivity (Wildman–Crippen MR) is 116 cm³/mol. The molecule has 0 N–H and O–H groups in total. The van der Waals surface area contributed by atoms with E-state index in [1.54, 1.807) is 0 Å². The van der Waals surface area contributed by atoms with Crippen molar-refractivity contribution < 1.29 is 4.57 Å². The van der Waals surface area contributed by atoms with Gasteiger partial charge in [-0.1, -0.05) is 66.7 Å². The molecule has 3 aromatic carbocycles. The summed E-state index contributed by atoms with van der Waals surface area (Å²) in [7, 11) is 0. The summed E-state index contributed by atoms with van der Waals surface area (Å²) in [6.45, 7) is 6.93. The van der Waals surface area contributed by atoms with E-state index >= 15 is 0 Å². The highest BCUT2D eigenvalue weighted by Gasteiger charge is 2.46. The Balaban J connectivity index is 1.93. The molecule has 1 aromatic heterocycles. The van der Waals surface area contributed by atoms with Crippen LogP contribution < -0.4 is 4.57 Å². The van der Waals surface area contributed by atoms with Crippen LogP contribution in [0.15, 0.2) is 91.0 Å². The normalized spacial score (nSPS) is 13.8. The lowest BCUT2D eigenvalue weighted by molar-refractivity contribution is -0.588. The zero-order chi connectivity index (χ0) is 19.3. The zero-order valence-corrected chi connectivity index (χ0v) is 16.6. The molecule has 28 heavy (non-hydrogen) atoms. The van der Waals surface area contributed by atoms with Gasteiger partial charge in [-0.05, 0) is 44.0 Å². The Morgan fingerprint density at radius 1 is 0.679 bits per heavy atom. The number of para-hydroxylation sites is 1. The largest absolute Gasteiger partial charge is 0.222 e. The first-order valence-corrected chi connectivity index (χ1v) is 9.90. The summed E-state index contributed by atoms with van der Waals surface area (Å²) in [4.78, 5) is 0. The summed E-state index contributed by atoms with van der Waals surface area (Å²) in [5.74, 6) is 0. The minimum atomic E-state index is -0.0443. The molecular weight excluding hydrogens is 338 g/mol. The van der Waals surface area contributed by atoms with Gasteiger partial charge in [0.05, 0.1) is 5.41 Å². The van der Waals surface area contributed by atoms with Gasteiger partial charge in [0.15, 0.2) is 5.69 Å². The standard InChI is InChI=1S/C27H24N/c1-19-22(20-12-6-4-7-13-20)18-25-27(2,3)23-16-10-11-17-24(23)28(25)26(19)21-14-8-5-9-15-21/h4-18H,1-3H3/q+1. The number of pyridine rings is 1. The molecule has 0 radical (unpaired) electrons. The Hall–Kier alpha value is -3.19. The van der Waals surface area contributed by atoms with Crippen LogP contribution in [0.4, 0.5) is 0 Å². The number of nitrogens with zero attached hydrogens (tertiary/aromatic N) is 1. The third kappa shape index (κ3) is 2.36. The van der Waals surface area contributed by atoms with Gasteiger partial charge in [-0.3, -0.25) is 0 Å². The molecule has 136 valence electrons. The fourth-order valence-corrected chi connectivity index (χ4v) is 4.63. The van der Waals surface area contributed by atoms with Crippen LogP contribution in [-0.2, 0) is 5.41 Å². The maximum absolute atomic E-state index is 2.48. The molecule has 2 heterocycles. The Bertz CT molecular complexity index is 1170. The Morgan fingerprint density at radius 3 is 1.93 bits per heavy atom.